The van der Waals surface area contributed by atoms with E-state index in [9.17, 15) is 21.4 Å². The molecule has 0 amide bonds. The topological polar surface area (TPSA) is 88.5 Å². The molecule has 1 atom stereocenters. The first kappa shape index (κ1) is 25.3. The van der Waals surface area contributed by atoms with Gasteiger partial charge in [0.1, 0.15) is 4.90 Å². The van der Waals surface area contributed by atoms with Gasteiger partial charge in [0, 0.05) is 27.1 Å². The third-order valence-corrected chi connectivity index (χ3v) is 10.4. The maximum absolute atomic E-state index is 13.5. The second kappa shape index (κ2) is 10.3. The second-order valence-corrected chi connectivity index (χ2v) is 12.4. The molecule has 0 saturated carbocycles. The van der Waals surface area contributed by atoms with Crippen LogP contribution in [0.4, 0.5) is 0 Å². The van der Waals surface area contributed by atoms with Crippen LogP contribution in [-0.2, 0) is 36.4 Å². The Morgan fingerprint density at radius 3 is 1.52 bits per heavy atom. The SMILES string of the molecule is O=S(=O)(O)c1ccccc1P(c1ccccc1)c1ccccc1S(=O)(=O)c1ccccc1.[Ni]. The molecule has 0 bridgehead atoms. The fraction of sp³-hybridized carbons (Fsp3) is 0. The van der Waals surface area contributed by atoms with Gasteiger partial charge in [0.25, 0.3) is 10.1 Å². The monoisotopic (exact) mass is 540 g/mol. The molecule has 0 saturated heterocycles. The van der Waals surface area contributed by atoms with Crippen LogP contribution < -0.4 is 15.9 Å². The quantitative estimate of drug-likeness (QED) is 0.230. The van der Waals surface area contributed by atoms with Gasteiger partial charge in [0.05, 0.1) is 9.79 Å². The maximum Gasteiger partial charge on any atom is 0.295 e. The molecule has 4 rings (SSSR count). The third-order valence-electron chi connectivity index (χ3n) is 4.85. The Morgan fingerprint density at radius 1 is 0.545 bits per heavy atom. The van der Waals surface area contributed by atoms with E-state index in [1.807, 2.05) is 30.3 Å². The van der Waals surface area contributed by atoms with Crippen LogP contribution in [0.25, 0.3) is 0 Å². The summed E-state index contributed by atoms with van der Waals surface area (Å²) in [6.45, 7) is 0. The van der Waals surface area contributed by atoms with E-state index >= 15 is 0 Å². The van der Waals surface area contributed by atoms with Crippen LogP contribution in [-0.4, -0.2) is 21.4 Å². The number of rotatable bonds is 6. The molecular formula is C24H19NiO5PS2. The Bertz CT molecular complexity index is 1460. The Balaban J connectivity index is 0.00000306. The summed E-state index contributed by atoms with van der Waals surface area (Å²) in [6, 6.07) is 30.0. The summed E-state index contributed by atoms with van der Waals surface area (Å²) < 4.78 is 61.3. The molecule has 9 heteroatoms. The summed E-state index contributed by atoms with van der Waals surface area (Å²) in [7, 11) is -10.0. The van der Waals surface area contributed by atoms with Crippen molar-refractivity contribution in [3.8, 4) is 0 Å². The molecule has 172 valence electrons. The van der Waals surface area contributed by atoms with E-state index in [0.717, 1.165) is 5.30 Å². The van der Waals surface area contributed by atoms with Crippen molar-refractivity contribution in [2.24, 2.45) is 0 Å². The van der Waals surface area contributed by atoms with Crippen molar-refractivity contribution >= 4 is 43.8 Å². The molecule has 0 aliphatic rings. The van der Waals surface area contributed by atoms with E-state index in [0.29, 0.717) is 10.6 Å². The molecule has 0 aliphatic carbocycles. The minimum atomic E-state index is -4.53. The predicted octanol–water partition coefficient (Wildman–Crippen LogP) is 3.52. The van der Waals surface area contributed by atoms with Crippen molar-refractivity contribution in [1.82, 2.24) is 0 Å². The first-order chi connectivity index (χ1) is 15.3. The molecular weight excluding hydrogens is 522 g/mol. The van der Waals surface area contributed by atoms with Crippen molar-refractivity contribution in [2.45, 2.75) is 14.7 Å². The summed E-state index contributed by atoms with van der Waals surface area (Å²) in [5.41, 5.74) is 0. The minimum absolute atomic E-state index is 0. The zero-order valence-corrected chi connectivity index (χ0v) is 20.6. The van der Waals surface area contributed by atoms with E-state index < -0.39 is 27.9 Å². The van der Waals surface area contributed by atoms with Crippen LogP contribution in [0.5, 0.6) is 0 Å². The van der Waals surface area contributed by atoms with E-state index in [1.54, 1.807) is 48.5 Å². The van der Waals surface area contributed by atoms with Gasteiger partial charge in [0.2, 0.25) is 9.84 Å². The van der Waals surface area contributed by atoms with Gasteiger partial charge < -0.3 is 0 Å². The van der Waals surface area contributed by atoms with Gasteiger partial charge in [-0.25, -0.2) is 8.42 Å². The third kappa shape index (κ3) is 5.26. The van der Waals surface area contributed by atoms with E-state index in [4.69, 9.17) is 0 Å². The van der Waals surface area contributed by atoms with E-state index in [2.05, 4.69) is 0 Å². The van der Waals surface area contributed by atoms with Gasteiger partial charge in [0.15, 0.2) is 0 Å². The number of hydrogen-bond acceptors (Lipinski definition) is 4. The molecule has 0 spiro atoms. The smallest absolute Gasteiger partial charge is 0.282 e. The van der Waals surface area contributed by atoms with Gasteiger partial charge >= 0.3 is 0 Å². The largest absolute Gasteiger partial charge is 0.295 e. The average Bonchev–Trinajstić information content (AvgIpc) is 2.80. The Morgan fingerprint density at radius 2 is 0.970 bits per heavy atom. The Kier molecular flexibility index (Phi) is 7.89. The van der Waals surface area contributed by atoms with Gasteiger partial charge in [-0.05, 0) is 37.5 Å². The minimum Gasteiger partial charge on any atom is -0.282 e. The maximum atomic E-state index is 13.5. The van der Waals surface area contributed by atoms with Crippen molar-refractivity contribution in [2.75, 3.05) is 0 Å². The van der Waals surface area contributed by atoms with Gasteiger partial charge in [-0.2, -0.15) is 8.42 Å². The van der Waals surface area contributed by atoms with Crippen LogP contribution in [0.3, 0.4) is 0 Å². The standard InChI is InChI=1S/C24H19O5PS2.Ni/c25-31(26,20-13-5-2-6-14-20)23-17-9-7-15-21(23)30(19-11-3-1-4-12-19)22-16-8-10-18-24(22)32(27,28)29;/h1-18H,(H,27,28,29);. The summed E-state index contributed by atoms with van der Waals surface area (Å²) >= 11 is 0. The summed E-state index contributed by atoms with van der Waals surface area (Å²) in [4.78, 5) is 0.0201. The molecule has 0 heterocycles. The van der Waals surface area contributed by atoms with Crippen molar-refractivity contribution in [3.63, 3.8) is 0 Å². The Labute approximate surface area is 204 Å². The molecule has 0 radical (unpaired) electrons. The molecule has 0 aliphatic heterocycles. The first-order valence-electron chi connectivity index (χ1n) is 9.61. The average molecular weight is 541 g/mol. The van der Waals surface area contributed by atoms with Gasteiger partial charge in [-0.3, -0.25) is 4.55 Å². The van der Waals surface area contributed by atoms with Crippen LogP contribution in [0.2, 0.25) is 0 Å². The van der Waals surface area contributed by atoms with Gasteiger partial charge in [-0.1, -0.05) is 84.9 Å². The zero-order valence-electron chi connectivity index (χ0n) is 17.1. The van der Waals surface area contributed by atoms with Crippen LogP contribution in [0.15, 0.2) is 124 Å². The van der Waals surface area contributed by atoms with Gasteiger partial charge in [-0.15, -0.1) is 0 Å². The summed E-state index contributed by atoms with van der Waals surface area (Å²) in [5, 5.41) is 1.59. The molecule has 4 aromatic carbocycles. The normalized spacial score (nSPS) is 12.5. The molecule has 33 heavy (non-hydrogen) atoms. The number of benzene rings is 4. The van der Waals surface area contributed by atoms with E-state index in [1.165, 1.54) is 30.3 Å². The first-order valence-corrected chi connectivity index (χ1v) is 13.9. The zero-order chi connectivity index (χ0) is 22.8. The molecule has 1 unspecified atom stereocenters. The summed E-state index contributed by atoms with van der Waals surface area (Å²) in [5.74, 6) is 0. The Hall–Kier alpha value is -2.34. The molecule has 4 aromatic rings. The molecule has 0 fully saturated rings. The van der Waals surface area contributed by atoms with Crippen molar-refractivity contribution in [1.29, 1.82) is 0 Å². The fourth-order valence-electron chi connectivity index (χ4n) is 3.44. The second-order valence-electron chi connectivity index (χ2n) is 6.90. The molecule has 5 nitrogen and oxygen atoms in total. The van der Waals surface area contributed by atoms with Crippen LogP contribution in [0, 0.1) is 0 Å². The summed E-state index contributed by atoms with van der Waals surface area (Å²) in [6.07, 6.45) is 0. The van der Waals surface area contributed by atoms with Crippen LogP contribution in [0.1, 0.15) is 0 Å². The van der Waals surface area contributed by atoms with E-state index in [-0.39, 0.29) is 31.2 Å². The van der Waals surface area contributed by atoms with Crippen molar-refractivity contribution < 1.29 is 37.9 Å². The predicted molar refractivity (Wildman–Crippen MR) is 127 cm³/mol. The molecule has 0 aromatic heterocycles. The molecule has 1 N–H and O–H groups in total. The number of sulfone groups is 1. The fourth-order valence-corrected chi connectivity index (χ4v) is 8.99. The number of hydrogen-bond donors (Lipinski definition) is 1. The van der Waals surface area contributed by atoms with Crippen molar-refractivity contribution in [3.05, 3.63) is 109 Å². The van der Waals surface area contributed by atoms with Crippen LogP contribution >= 0.6 is 7.92 Å².